The molecule has 6 aromatic rings. The quantitative estimate of drug-likeness (QED) is 0.133. The number of likely N-dealkylation sites (N-methyl/N-ethyl adjacent to an activating group) is 1. The number of halogens is 3. The van der Waals surface area contributed by atoms with Crippen LogP contribution in [-0.2, 0) is 25.7 Å². The number of carbonyl (C=O) groups is 1. The van der Waals surface area contributed by atoms with Gasteiger partial charge < -0.3 is 9.84 Å². The minimum Gasteiger partial charge on any atom is -0.489 e. The zero-order valence-electron chi connectivity index (χ0n) is 27.0. The average molecular weight is 661 g/mol. The van der Waals surface area contributed by atoms with E-state index in [-0.39, 0.29) is 35.5 Å². The van der Waals surface area contributed by atoms with Crippen LogP contribution in [0.5, 0.6) is 5.75 Å². The number of nitrogens with zero attached hydrogens (tertiary/aromatic N) is 2. The molecule has 0 aliphatic heterocycles. The number of ketones is 1. The molecular formula is C41H35F3N2O3. The van der Waals surface area contributed by atoms with Gasteiger partial charge in [-0.1, -0.05) is 103 Å². The molecule has 0 atom stereocenters. The second kappa shape index (κ2) is 14.8. The van der Waals surface area contributed by atoms with Crippen LogP contribution >= 0.6 is 0 Å². The van der Waals surface area contributed by atoms with Gasteiger partial charge in [0.1, 0.15) is 12.4 Å². The van der Waals surface area contributed by atoms with Crippen molar-refractivity contribution in [3.63, 3.8) is 0 Å². The molecule has 6 rings (SSSR count). The van der Waals surface area contributed by atoms with Crippen LogP contribution in [0.4, 0.5) is 13.2 Å². The summed E-state index contributed by atoms with van der Waals surface area (Å²) in [4.78, 5) is 20.0. The number of fused-ring (bicyclic) bond motifs is 1. The van der Waals surface area contributed by atoms with Crippen LogP contribution < -0.4 is 4.74 Å². The van der Waals surface area contributed by atoms with Crippen LogP contribution in [0, 0.1) is 0 Å². The molecule has 0 bridgehead atoms. The zero-order valence-corrected chi connectivity index (χ0v) is 27.0. The summed E-state index contributed by atoms with van der Waals surface area (Å²) in [5, 5.41) is 9.40. The smallest absolute Gasteiger partial charge is 0.418 e. The molecule has 0 saturated carbocycles. The van der Waals surface area contributed by atoms with Gasteiger partial charge in [0.25, 0.3) is 0 Å². The van der Waals surface area contributed by atoms with E-state index in [2.05, 4.69) is 40.2 Å². The maximum atomic E-state index is 14.0. The van der Waals surface area contributed by atoms with Gasteiger partial charge in [0.05, 0.1) is 17.7 Å². The first kappa shape index (κ1) is 33.6. The summed E-state index contributed by atoms with van der Waals surface area (Å²) in [5.74, 6) is 0.173. The molecule has 248 valence electrons. The minimum atomic E-state index is -4.62. The normalized spacial score (nSPS) is 11.6. The summed E-state index contributed by atoms with van der Waals surface area (Å²) in [6.45, 7) is 1.76. The van der Waals surface area contributed by atoms with E-state index in [9.17, 15) is 23.1 Å². The number of rotatable bonds is 12. The van der Waals surface area contributed by atoms with Gasteiger partial charge in [0, 0.05) is 41.4 Å². The SMILES string of the molecule is CN(CCO)Cc1ccc(Cc2ccccc2COc2cccc(-c3c(C(=O)c4ccccc4)cnc4c(C(F)(F)F)cccc34)c2)cc1. The third-order valence-corrected chi connectivity index (χ3v) is 8.47. The molecule has 0 unspecified atom stereocenters. The Kier molecular flexibility index (Phi) is 10.2. The number of aliphatic hydroxyl groups is 1. The maximum absolute atomic E-state index is 14.0. The molecule has 0 aliphatic carbocycles. The second-order valence-electron chi connectivity index (χ2n) is 12.0. The fraction of sp³-hybridized carbons (Fsp3) is 0.171. The number of hydrogen-bond acceptors (Lipinski definition) is 5. The highest BCUT2D eigenvalue weighted by Gasteiger charge is 2.34. The second-order valence-corrected chi connectivity index (χ2v) is 12.0. The lowest BCUT2D eigenvalue weighted by Gasteiger charge is -2.17. The summed E-state index contributed by atoms with van der Waals surface area (Å²) in [5.41, 5.74) is 4.86. The highest BCUT2D eigenvalue weighted by Crippen LogP contribution is 2.39. The van der Waals surface area contributed by atoms with Gasteiger partial charge in [-0.15, -0.1) is 0 Å². The summed E-state index contributed by atoms with van der Waals surface area (Å²) in [6, 6.07) is 36.1. The molecule has 49 heavy (non-hydrogen) atoms. The molecule has 1 aromatic heterocycles. The highest BCUT2D eigenvalue weighted by molar-refractivity contribution is 6.16. The Balaban J connectivity index is 1.29. The van der Waals surface area contributed by atoms with Gasteiger partial charge in [0.2, 0.25) is 0 Å². The molecule has 0 saturated heterocycles. The third kappa shape index (κ3) is 7.88. The van der Waals surface area contributed by atoms with Gasteiger partial charge in [-0.3, -0.25) is 14.7 Å². The number of ether oxygens (including phenoxy) is 1. The Morgan fingerprint density at radius 1 is 0.816 bits per heavy atom. The van der Waals surface area contributed by atoms with Crippen LogP contribution in [-0.4, -0.2) is 41.0 Å². The monoisotopic (exact) mass is 660 g/mol. The zero-order chi connectivity index (χ0) is 34.4. The van der Waals surface area contributed by atoms with Crippen molar-refractivity contribution in [2.75, 3.05) is 20.2 Å². The molecule has 1 N–H and O–H groups in total. The van der Waals surface area contributed by atoms with Gasteiger partial charge in [-0.2, -0.15) is 13.2 Å². The number of hydrogen-bond donors (Lipinski definition) is 1. The first-order chi connectivity index (χ1) is 23.7. The largest absolute Gasteiger partial charge is 0.489 e. The maximum Gasteiger partial charge on any atom is 0.418 e. The predicted octanol–water partition coefficient (Wildman–Crippen LogP) is 8.75. The fourth-order valence-corrected chi connectivity index (χ4v) is 6.00. The lowest BCUT2D eigenvalue weighted by Crippen LogP contribution is -2.21. The number of para-hydroxylation sites is 1. The fourth-order valence-electron chi connectivity index (χ4n) is 6.00. The lowest BCUT2D eigenvalue weighted by atomic mass is 9.91. The van der Waals surface area contributed by atoms with Crippen molar-refractivity contribution in [2.24, 2.45) is 0 Å². The molecule has 0 fully saturated rings. The Hall–Kier alpha value is -5.31. The Morgan fingerprint density at radius 2 is 1.51 bits per heavy atom. The molecule has 0 amide bonds. The number of aromatic nitrogens is 1. The van der Waals surface area contributed by atoms with E-state index in [1.54, 1.807) is 60.7 Å². The van der Waals surface area contributed by atoms with Crippen LogP contribution in [0.1, 0.15) is 43.7 Å². The number of aliphatic hydroxyl groups excluding tert-OH is 1. The summed E-state index contributed by atoms with van der Waals surface area (Å²) >= 11 is 0. The standard InChI is InChI=1S/C41H35F3N2O3/c1-46(21-22-47)26-29-19-17-28(18-20-29)23-31-11-5-6-12-33(31)27-49-34-14-7-13-32(24-34)38-35-15-8-16-37(41(42,43)44)39(35)45-25-36(38)40(48)30-9-3-2-4-10-30/h2-20,24-25,47H,21-23,26-27H2,1H3. The van der Waals surface area contributed by atoms with E-state index >= 15 is 0 Å². The number of benzene rings is 5. The van der Waals surface area contributed by atoms with Gasteiger partial charge in [-0.25, -0.2) is 0 Å². The number of carbonyl (C=O) groups excluding carboxylic acids is 1. The van der Waals surface area contributed by atoms with Crippen LogP contribution in [0.3, 0.4) is 0 Å². The lowest BCUT2D eigenvalue weighted by molar-refractivity contribution is -0.136. The molecule has 5 aromatic carbocycles. The average Bonchev–Trinajstić information content (AvgIpc) is 3.11. The van der Waals surface area contributed by atoms with Gasteiger partial charge in [0.15, 0.2) is 5.78 Å². The van der Waals surface area contributed by atoms with E-state index in [0.29, 0.717) is 35.4 Å². The third-order valence-electron chi connectivity index (χ3n) is 8.47. The van der Waals surface area contributed by atoms with Crippen LogP contribution in [0.25, 0.3) is 22.0 Å². The van der Waals surface area contributed by atoms with E-state index in [1.807, 2.05) is 25.2 Å². The molecule has 1 heterocycles. The summed E-state index contributed by atoms with van der Waals surface area (Å²) in [6.07, 6.45) is -2.67. The molecular weight excluding hydrogens is 625 g/mol. The van der Waals surface area contributed by atoms with E-state index < -0.39 is 11.7 Å². The van der Waals surface area contributed by atoms with Crippen molar-refractivity contribution in [2.45, 2.75) is 25.7 Å². The van der Waals surface area contributed by atoms with Crippen molar-refractivity contribution in [3.8, 4) is 16.9 Å². The van der Waals surface area contributed by atoms with Crippen molar-refractivity contribution < 1.29 is 27.8 Å². The van der Waals surface area contributed by atoms with E-state index in [1.165, 1.54) is 17.8 Å². The first-order valence-electron chi connectivity index (χ1n) is 16.0. The van der Waals surface area contributed by atoms with Crippen molar-refractivity contribution in [1.29, 1.82) is 0 Å². The van der Waals surface area contributed by atoms with E-state index in [0.717, 1.165) is 29.3 Å². The number of pyridine rings is 1. The number of alkyl halides is 3. The summed E-state index contributed by atoms with van der Waals surface area (Å²) in [7, 11) is 1.97. The highest BCUT2D eigenvalue weighted by atomic mass is 19.4. The molecule has 0 radical (unpaired) electrons. The van der Waals surface area contributed by atoms with Crippen LogP contribution in [0.15, 0.2) is 128 Å². The van der Waals surface area contributed by atoms with Gasteiger partial charge in [-0.05, 0) is 59.5 Å². The minimum absolute atomic E-state index is 0.121. The topological polar surface area (TPSA) is 62.7 Å². The molecule has 0 aliphatic rings. The Morgan fingerprint density at radius 3 is 2.24 bits per heavy atom. The van der Waals surface area contributed by atoms with E-state index in [4.69, 9.17) is 4.74 Å². The van der Waals surface area contributed by atoms with Crippen molar-refractivity contribution in [3.05, 3.63) is 166 Å². The van der Waals surface area contributed by atoms with Crippen molar-refractivity contribution in [1.82, 2.24) is 9.88 Å². The first-order valence-corrected chi connectivity index (χ1v) is 16.0. The van der Waals surface area contributed by atoms with Gasteiger partial charge >= 0.3 is 6.18 Å². The predicted molar refractivity (Wildman–Crippen MR) is 185 cm³/mol. The molecule has 5 nitrogen and oxygen atoms in total. The van der Waals surface area contributed by atoms with Crippen LogP contribution in [0.2, 0.25) is 0 Å². The van der Waals surface area contributed by atoms with Crippen molar-refractivity contribution >= 4 is 16.7 Å². The Labute approximate surface area is 283 Å². The summed E-state index contributed by atoms with van der Waals surface area (Å²) < 4.78 is 48.4. The molecule has 0 spiro atoms. The Bertz CT molecular complexity index is 2060. The molecule has 8 heteroatoms.